The van der Waals surface area contributed by atoms with E-state index in [9.17, 15) is 5.11 Å². The summed E-state index contributed by atoms with van der Waals surface area (Å²) in [5.41, 5.74) is 1.29. The van der Waals surface area contributed by atoms with Crippen molar-refractivity contribution in [2.45, 2.75) is 19.0 Å². The molecular weight excluding hydrogens is 214 g/mol. The summed E-state index contributed by atoms with van der Waals surface area (Å²) in [7, 11) is 0. The molecule has 2 heterocycles. The summed E-state index contributed by atoms with van der Waals surface area (Å²) in [6.45, 7) is 2.30. The van der Waals surface area contributed by atoms with Crippen LogP contribution in [-0.4, -0.2) is 29.3 Å². The lowest BCUT2D eigenvalue weighted by Gasteiger charge is -2.30. The highest BCUT2D eigenvalue weighted by molar-refractivity contribution is 8.00. The van der Waals surface area contributed by atoms with Crippen molar-refractivity contribution in [2.24, 2.45) is 0 Å². The van der Waals surface area contributed by atoms with Crippen molar-refractivity contribution in [3.05, 3.63) is 21.9 Å². The van der Waals surface area contributed by atoms with Gasteiger partial charge in [0.15, 0.2) is 0 Å². The average Bonchev–Trinajstić information content (AvgIpc) is 2.51. The standard InChI is InChI=1S/C10H15NOS2/c1-7-2-3-14-10(7)9(4-12)11-8-5-13-6-8/h2-3,8-9,11-12H,4-6H2,1H3. The Bertz CT molecular complexity index is 296. The number of thioether (sulfide) groups is 1. The highest BCUT2D eigenvalue weighted by Gasteiger charge is 2.23. The van der Waals surface area contributed by atoms with Crippen LogP contribution in [-0.2, 0) is 0 Å². The number of aliphatic hydroxyl groups excluding tert-OH is 1. The fraction of sp³-hybridized carbons (Fsp3) is 0.600. The van der Waals surface area contributed by atoms with Gasteiger partial charge in [-0.3, -0.25) is 0 Å². The van der Waals surface area contributed by atoms with Gasteiger partial charge in [-0.15, -0.1) is 11.3 Å². The smallest absolute Gasteiger partial charge is 0.0655 e. The van der Waals surface area contributed by atoms with E-state index >= 15 is 0 Å². The third-order valence-corrected chi connectivity index (χ3v) is 4.88. The predicted molar refractivity (Wildman–Crippen MR) is 63.1 cm³/mol. The molecule has 0 aliphatic carbocycles. The highest BCUT2D eigenvalue weighted by atomic mass is 32.2. The Kier molecular flexibility index (Phi) is 3.49. The maximum atomic E-state index is 9.33. The van der Waals surface area contributed by atoms with Crippen LogP contribution in [0.5, 0.6) is 0 Å². The molecule has 0 bridgehead atoms. The number of hydrogen-bond donors (Lipinski definition) is 2. The van der Waals surface area contributed by atoms with Crippen molar-refractivity contribution in [3.8, 4) is 0 Å². The Morgan fingerprint density at radius 2 is 2.43 bits per heavy atom. The van der Waals surface area contributed by atoms with Crippen LogP contribution < -0.4 is 5.32 Å². The molecule has 0 radical (unpaired) electrons. The van der Waals surface area contributed by atoms with Crippen LogP contribution >= 0.6 is 23.1 Å². The van der Waals surface area contributed by atoms with Crippen molar-refractivity contribution >= 4 is 23.1 Å². The van der Waals surface area contributed by atoms with Gasteiger partial charge in [0.05, 0.1) is 12.6 Å². The molecule has 0 amide bonds. The number of hydrogen-bond acceptors (Lipinski definition) is 4. The van der Waals surface area contributed by atoms with Gasteiger partial charge in [0.1, 0.15) is 0 Å². The summed E-state index contributed by atoms with van der Waals surface area (Å²) in [4.78, 5) is 1.28. The van der Waals surface area contributed by atoms with Crippen molar-refractivity contribution < 1.29 is 5.11 Å². The van der Waals surface area contributed by atoms with E-state index in [4.69, 9.17) is 0 Å². The quantitative estimate of drug-likeness (QED) is 0.825. The lowest BCUT2D eigenvalue weighted by Crippen LogP contribution is -2.43. The second-order valence-electron chi connectivity index (χ2n) is 3.60. The van der Waals surface area contributed by atoms with Crippen LogP contribution in [0.25, 0.3) is 0 Å². The Balaban J connectivity index is 2.01. The van der Waals surface area contributed by atoms with E-state index in [-0.39, 0.29) is 12.6 Å². The first kappa shape index (κ1) is 10.5. The molecule has 0 saturated carbocycles. The minimum absolute atomic E-state index is 0.140. The molecule has 1 aromatic rings. The fourth-order valence-corrected chi connectivity index (χ4v) is 3.21. The molecule has 1 saturated heterocycles. The van der Waals surface area contributed by atoms with Gasteiger partial charge in [-0.2, -0.15) is 11.8 Å². The summed E-state index contributed by atoms with van der Waals surface area (Å²) in [5, 5.41) is 14.9. The van der Waals surface area contributed by atoms with Crippen LogP contribution in [0.3, 0.4) is 0 Å². The molecule has 4 heteroatoms. The SMILES string of the molecule is Cc1ccsc1C(CO)NC1CSC1. The topological polar surface area (TPSA) is 32.3 Å². The third kappa shape index (κ3) is 2.14. The normalized spacial score (nSPS) is 19.3. The van der Waals surface area contributed by atoms with E-state index in [0.29, 0.717) is 6.04 Å². The van der Waals surface area contributed by atoms with Crippen LogP contribution in [0.1, 0.15) is 16.5 Å². The first-order valence-electron chi connectivity index (χ1n) is 4.80. The first-order valence-corrected chi connectivity index (χ1v) is 6.83. The number of nitrogens with one attached hydrogen (secondary N) is 1. The Morgan fingerprint density at radius 1 is 1.64 bits per heavy atom. The van der Waals surface area contributed by atoms with Crippen molar-refractivity contribution in [3.63, 3.8) is 0 Å². The van der Waals surface area contributed by atoms with Crippen LogP contribution in [0.2, 0.25) is 0 Å². The summed E-state index contributed by atoms with van der Waals surface area (Å²) in [5.74, 6) is 2.36. The van der Waals surface area contributed by atoms with Crippen molar-refractivity contribution in [1.29, 1.82) is 0 Å². The van der Waals surface area contributed by atoms with E-state index < -0.39 is 0 Å². The van der Waals surface area contributed by atoms with Gasteiger partial charge < -0.3 is 10.4 Å². The van der Waals surface area contributed by atoms with Crippen LogP contribution in [0.4, 0.5) is 0 Å². The molecule has 0 aromatic carbocycles. The maximum Gasteiger partial charge on any atom is 0.0655 e. The molecule has 14 heavy (non-hydrogen) atoms. The van der Waals surface area contributed by atoms with E-state index in [0.717, 1.165) is 0 Å². The molecule has 0 spiro atoms. The lowest BCUT2D eigenvalue weighted by atomic mass is 10.1. The van der Waals surface area contributed by atoms with E-state index in [1.165, 1.54) is 21.9 Å². The summed E-state index contributed by atoms with van der Waals surface area (Å²) in [6.07, 6.45) is 0. The summed E-state index contributed by atoms with van der Waals surface area (Å²) in [6, 6.07) is 2.85. The Labute approximate surface area is 92.7 Å². The zero-order chi connectivity index (χ0) is 9.97. The van der Waals surface area contributed by atoms with Gasteiger partial charge in [-0.1, -0.05) is 0 Å². The first-order chi connectivity index (χ1) is 6.81. The zero-order valence-corrected chi connectivity index (χ0v) is 9.83. The molecular formula is C10H15NOS2. The van der Waals surface area contributed by atoms with E-state index in [1.807, 2.05) is 11.8 Å². The van der Waals surface area contributed by atoms with Gasteiger partial charge >= 0.3 is 0 Å². The number of aryl methyl sites for hydroxylation is 1. The summed E-state index contributed by atoms with van der Waals surface area (Å²) >= 11 is 3.69. The molecule has 2 rings (SSSR count). The maximum absolute atomic E-state index is 9.33. The molecule has 1 fully saturated rings. The monoisotopic (exact) mass is 229 g/mol. The number of thiophene rings is 1. The molecule has 1 unspecified atom stereocenters. The van der Waals surface area contributed by atoms with E-state index in [2.05, 4.69) is 23.7 Å². The van der Waals surface area contributed by atoms with Gasteiger partial charge in [-0.05, 0) is 23.9 Å². The Morgan fingerprint density at radius 3 is 2.86 bits per heavy atom. The second kappa shape index (κ2) is 4.66. The number of rotatable bonds is 4. The minimum atomic E-state index is 0.140. The van der Waals surface area contributed by atoms with Crippen LogP contribution in [0, 0.1) is 6.92 Å². The lowest BCUT2D eigenvalue weighted by molar-refractivity contribution is 0.238. The van der Waals surface area contributed by atoms with Gasteiger partial charge in [0.2, 0.25) is 0 Å². The molecule has 1 atom stereocenters. The summed E-state index contributed by atoms with van der Waals surface area (Å²) < 4.78 is 0. The largest absolute Gasteiger partial charge is 0.394 e. The van der Waals surface area contributed by atoms with E-state index in [1.54, 1.807) is 11.3 Å². The predicted octanol–water partition coefficient (Wildman–Crippen LogP) is 1.79. The highest BCUT2D eigenvalue weighted by Crippen LogP contribution is 2.26. The molecule has 1 aliphatic rings. The van der Waals surface area contributed by atoms with Crippen molar-refractivity contribution in [1.82, 2.24) is 5.32 Å². The molecule has 2 N–H and O–H groups in total. The third-order valence-electron chi connectivity index (χ3n) is 2.48. The van der Waals surface area contributed by atoms with Gasteiger partial charge in [-0.25, -0.2) is 0 Å². The van der Waals surface area contributed by atoms with Crippen LogP contribution in [0.15, 0.2) is 11.4 Å². The number of aliphatic hydroxyl groups is 1. The minimum Gasteiger partial charge on any atom is -0.394 e. The molecule has 78 valence electrons. The zero-order valence-electron chi connectivity index (χ0n) is 8.19. The average molecular weight is 229 g/mol. The van der Waals surface area contributed by atoms with Crippen molar-refractivity contribution in [2.75, 3.05) is 18.1 Å². The molecule has 1 aliphatic heterocycles. The van der Waals surface area contributed by atoms with Gasteiger partial charge in [0, 0.05) is 22.4 Å². The molecule has 1 aromatic heterocycles. The molecule has 2 nitrogen and oxygen atoms in total. The van der Waals surface area contributed by atoms with Gasteiger partial charge in [0.25, 0.3) is 0 Å². The second-order valence-corrected chi connectivity index (χ2v) is 5.63. The Hall–Kier alpha value is -0.0300. The fourth-order valence-electron chi connectivity index (χ4n) is 1.57.